The standard InChI is InChI=1S/C5H13F3O5Si2/c1-14(2,4-3-5(6,7)8)12-13-15(9,10)11/h9-11H,3-4H2,1-2H3. The van der Waals surface area contributed by atoms with Crippen molar-refractivity contribution >= 4 is 17.4 Å². The van der Waals surface area contributed by atoms with Gasteiger partial charge < -0.3 is 14.4 Å². The molecule has 0 aliphatic carbocycles. The van der Waals surface area contributed by atoms with Gasteiger partial charge in [-0.15, -0.1) is 0 Å². The van der Waals surface area contributed by atoms with Crippen LogP contribution in [0.25, 0.3) is 0 Å². The molecule has 0 spiro atoms. The van der Waals surface area contributed by atoms with E-state index in [0.717, 1.165) is 0 Å². The van der Waals surface area contributed by atoms with Gasteiger partial charge in [0.15, 0.2) is 0 Å². The summed E-state index contributed by atoms with van der Waals surface area (Å²) in [5.74, 6) is 0. The molecule has 0 rings (SSSR count). The molecule has 15 heavy (non-hydrogen) atoms. The summed E-state index contributed by atoms with van der Waals surface area (Å²) < 4.78 is 43.8. The Kier molecular flexibility index (Phi) is 4.91. The SMILES string of the molecule is C[Si](C)(CCC(F)(F)F)OO[Si](O)(O)O. The van der Waals surface area contributed by atoms with Crippen LogP contribution >= 0.6 is 0 Å². The Balaban J connectivity index is 3.98. The Labute approximate surface area is 86.6 Å². The Bertz CT molecular complexity index is 182. The predicted octanol–water partition coefficient (Wildman–Crippen LogP) is 0.505. The van der Waals surface area contributed by atoms with Crippen molar-refractivity contribution in [3.05, 3.63) is 0 Å². The molecule has 0 aliphatic heterocycles. The van der Waals surface area contributed by atoms with E-state index in [1.54, 1.807) is 0 Å². The van der Waals surface area contributed by atoms with Gasteiger partial charge in [-0.25, -0.2) is 4.58 Å². The number of alkyl halides is 3. The minimum atomic E-state index is -4.81. The predicted molar refractivity (Wildman–Crippen MR) is 47.5 cm³/mol. The summed E-state index contributed by atoms with van der Waals surface area (Å²) in [5.41, 5.74) is 0. The fourth-order valence-corrected chi connectivity index (χ4v) is 2.97. The molecule has 0 aromatic rings. The van der Waals surface area contributed by atoms with Crippen molar-refractivity contribution in [2.75, 3.05) is 0 Å². The average Bonchev–Trinajstić information content (AvgIpc) is 1.96. The zero-order valence-corrected chi connectivity index (χ0v) is 10.2. The summed E-state index contributed by atoms with van der Waals surface area (Å²) in [6, 6.07) is -0.291. The molecule has 3 N–H and O–H groups in total. The van der Waals surface area contributed by atoms with Crippen LogP contribution in [0.3, 0.4) is 0 Å². The smallest absolute Gasteiger partial charge is 0.366 e. The summed E-state index contributed by atoms with van der Waals surface area (Å²) in [6.45, 7) is 2.80. The first-order valence-corrected chi connectivity index (χ1v) is 8.89. The molecule has 0 amide bonds. The molecule has 92 valence electrons. The Hall–Kier alpha value is 0.0238. The van der Waals surface area contributed by atoms with E-state index in [1.165, 1.54) is 13.1 Å². The molecule has 0 atom stereocenters. The van der Waals surface area contributed by atoms with E-state index in [2.05, 4.69) is 9.15 Å². The molecule has 0 saturated carbocycles. The first-order valence-electron chi connectivity index (χ1n) is 4.02. The van der Waals surface area contributed by atoms with Gasteiger partial charge in [0.25, 0.3) is 0 Å². The van der Waals surface area contributed by atoms with Gasteiger partial charge in [0.05, 0.1) is 0 Å². The maximum atomic E-state index is 11.8. The number of halogens is 3. The normalized spacial score (nSPS) is 14.4. The topological polar surface area (TPSA) is 79.2 Å². The summed E-state index contributed by atoms with van der Waals surface area (Å²) in [6.07, 6.45) is -5.33. The van der Waals surface area contributed by atoms with Crippen LogP contribution < -0.4 is 0 Å². The highest BCUT2D eigenvalue weighted by molar-refractivity contribution is 6.71. The number of rotatable bonds is 5. The lowest BCUT2D eigenvalue weighted by molar-refractivity contribution is -0.189. The molecule has 0 aromatic heterocycles. The monoisotopic (exact) mass is 266 g/mol. The molecular formula is C5H13F3O5Si2. The van der Waals surface area contributed by atoms with Gasteiger partial charge >= 0.3 is 15.2 Å². The maximum absolute atomic E-state index is 11.8. The third kappa shape index (κ3) is 10.3. The first-order chi connectivity index (χ1) is 6.41. The van der Waals surface area contributed by atoms with Crippen LogP contribution in [-0.4, -0.2) is 37.9 Å². The molecule has 0 aromatic carbocycles. The third-order valence-electron chi connectivity index (χ3n) is 1.39. The zero-order valence-electron chi connectivity index (χ0n) is 8.21. The number of hydrogen-bond donors (Lipinski definition) is 3. The Morgan fingerprint density at radius 3 is 1.87 bits per heavy atom. The molecule has 0 bridgehead atoms. The average molecular weight is 266 g/mol. The second kappa shape index (κ2) is 4.90. The van der Waals surface area contributed by atoms with E-state index < -0.39 is 30.0 Å². The second-order valence-corrected chi connectivity index (χ2v) is 9.12. The van der Waals surface area contributed by atoms with Gasteiger partial charge in [0.1, 0.15) is 0 Å². The molecule has 0 fully saturated rings. The summed E-state index contributed by atoms with van der Waals surface area (Å²) in [7, 11) is -7.62. The minimum Gasteiger partial charge on any atom is -0.366 e. The minimum absolute atomic E-state index is 0.291. The van der Waals surface area contributed by atoms with E-state index in [4.69, 9.17) is 14.4 Å². The zero-order chi connectivity index (χ0) is 12.3. The largest absolute Gasteiger partial charge is 0.698 e. The lowest BCUT2D eigenvalue weighted by Gasteiger charge is -2.23. The molecule has 0 unspecified atom stereocenters. The van der Waals surface area contributed by atoms with Crippen molar-refractivity contribution < 1.29 is 36.7 Å². The highest BCUT2D eigenvalue weighted by Gasteiger charge is 2.39. The van der Waals surface area contributed by atoms with Crippen LogP contribution in [0.15, 0.2) is 0 Å². The van der Waals surface area contributed by atoms with Gasteiger partial charge in [-0.2, -0.15) is 13.2 Å². The lowest BCUT2D eigenvalue weighted by atomic mass is 10.5. The third-order valence-corrected chi connectivity index (χ3v) is 3.85. The van der Waals surface area contributed by atoms with Crippen LogP contribution in [-0.2, 0) is 9.15 Å². The van der Waals surface area contributed by atoms with Gasteiger partial charge in [-0.1, -0.05) is 0 Å². The van der Waals surface area contributed by atoms with E-state index in [9.17, 15) is 13.2 Å². The van der Waals surface area contributed by atoms with Crippen molar-refractivity contribution in [3.8, 4) is 0 Å². The van der Waals surface area contributed by atoms with E-state index >= 15 is 0 Å². The van der Waals surface area contributed by atoms with Crippen LogP contribution in [0.4, 0.5) is 13.2 Å². The Morgan fingerprint density at radius 1 is 1.07 bits per heavy atom. The fraction of sp³-hybridized carbons (Fsp3) is 1.00. The number of hydrogen-bond acceptors (Lipinski definition) is 5. The fourth-order valence-electron chi connectivity index (χ4n) is 0.653. The molecule has 0 saturated heterocycles. The van der Waals surface area contributed by atoms with Crippen molar-refractivity contribution in [2.45, 2.75) is 31.7 Å². The van der Waals surface area contributed by atoms with E-state index in [-0.39, 0.29) is 6.04 Å². The Morgan fingerprint density at radius 2 is 1.53 bits per heavy atom. The molecule has 10 heteroatoms. The molecule has 0 radical (unpaired) electrons. The molecular weight excluding hydrogens is 253 g/mol. The van der Waals surface area contributed by atoms with Crippen molar-refractivity contribution in [2.24, 2.45) is 0 Å². The summed E-state index contributed by atoms with van der Waals surface area (Å²) in [4.78, 5) is 25.2. The van der Waals surface area contributed by atoms with Crippen LogP contribution in [0.1, 0.15) is 6.42 Å². The van der Waals surface area contributed by atoms with E-state index in [1.807, 2.05) is 0 Å². The quantitative estimate of drug-likeness (QED) is 0.384. The van der Waals surface area contributed by atoms with Crippen molar-refractivity contribution in [1.82, 2.24) is 0 Å². The highest BCUT2D eigenvalue weighted by Crippen LogP contribution is 2.26. The van der Waals surface area contributed by atoms with Crippen LogP contribution in [0, 0.1) is 0 Å². The molecule has 0 aliphatic rings. The summed E-state index contributed by atoms with van der Waals surface area (Å²) in [5, 5.41) is 0. The van der Waals surface area contributed by atoms with Crippen LogP contribution in [0.2, 0.25) is 19.1 Å². The van der Waals surface area contributed by atoms with Gasteiger partial charge in [-0.05, 0) is 19.1 Å². The molecule has 0 heterocycles. The van der Waals surface area contributed by atoms with Crippen LogP contribution in [0.5, 0.6) is 0 Å². The summed E-state index contributed by atoms with van der Waals surface area (Å²) >= 11 is 0. The van der Waals surface area contributed by atoms with Crippen molar-refractivity contribution in [3.63, 3.8) is 0 Å². The van der Waals surface area contributed by atoms with Gasteiger partial charge in [0.2, 0.25) is 8.32 Å². The van der Waals surface area contributed by atoms with Gasteiger partial charge in [0, 0.05) is 6.42 Å². The van der Waals surface area contributed by atoms with Crippen molar-refractivity contribution in [1.29, 1.82) is 0 Å². The lowest BCUT2D eigenvalue weighted by Crippen LogP contribution is -2.44. The highest BCUT2D eigenvalue weighted by atomic mass is 28.4. The second-order valence-electron chi connectivity index (χ2n) is 3.62. The molecule has 5 nitrogen and oxygen atoms in total. The first kappa shape index (κ1) is 15.0. The van der Waals surface area contributed by atoms with Gasteiger partial charge in [-0.3, -0.25) is 4.58 Å². The maximum Gasteiger partial charge on any atom is 0.698 e. The van der Waals surface area contributed by atoms with E-state index in [0.29, 0.717) is 0 Å².